The van der Waals surface area contributed by atoms with Crippen LogP contribution in [0.4, 0.5) is 0 Å². The number of ether oxygens (including phenoxy) is 1. The van der Waals surface area contributed by atoms with Gasteiger partial charge in [-0.25, -0.2) is 0 Å². The van der Waals surface area contributed by atoms with Gasteiger partial charge in [-0.2, -0.15) is 12.6 Å². The molecule has 0 aliphatic carbocycles. The molecule has 0 aliphatic rings. The van der Waals surface area contributed by atoms with Crippen LogP contribution in [-0.2, 0) is 19.1 Å². The van der Waals surface area contributed by atoms with Crippen LogP contribution in [0.1, 0.15) is 19.8 Å². The summed E-state index contributed by atoms with van der Waals surface area (Å²) < 4.78 is 4.62. The van der Waals surface area contributed by atoms with E-state index < -0.39 is 18.0 Å². The lowest BCUT2D eigenvalue weighted by atomic mass is 10.2. The van der Waals surface area contributed by atoms with Crippen molar-refractivity contribution in [3.8, 4) is 0 Å². The van der Waals surface area contributed by atoms with Crippen molar-refractivity contribution in [1.82, 2.24) is 4.90 Å². The van der Waals surface area contributed by atoms with Gasteiger partial charge in [0.05, 0.1) is 6.42 Å². The Kier molecular flexibility index (Phi) is 8.98. The molecule has 2 N–H and O–H groups in total. The molecule has 0 fully saturated rings. The standard InChI is InChI=1S/C11H19NO6S/c1-8(13)18-7-9(14)6-12(4-5-19)10(15)2-3-11(16)17/h9,14,19H,2-7H2,1H3,(H,16,17). The number of aliphatic hydroxyl groups excluding tert-OH is 1. The van der Waals surface area contributed by atoms with Gasteiger partial charge in [0.1, 0.15) is 12.7 Å². The van der Waals surface area contributed by atoms with Crippen LogP contribution in [-0.4, -0.2) is 64.5 Å². The summed E-state index contributed by atoms with van der Waals surface area (Å²) in [6.07, 6.45) is -1.40. The van der Waals surface area contributed by atoms with Crippen LogP contribution in [0.25, 0.3) is 0 Å². The van der Waals surface area contributed by atoms with Gasteiger partial charge in [-0.3, -0.25) is 14.4 Å². The number of carbonyl (C=O) groups excluding carboxylic acids is 2. The van der Waals surface area contributed by atoms with E-state index in [1.807, 2.05) is 0 Å². The predicted octanol–water partition coefficient (Wildman–Crippen LogP) is -0.466. The first-order chi connectivity index (χ1) is 8.86. The summed E-state index contributed by atoms with van der Waals surface area (Å²) in [6, 6.07) is 0. The maximum Gasteiger partial charge on any atom is 0.303 e. The molecule has 7 nitrogen and oxygen atoms in total. The van der Waals surface area contributed by atoms with Crippen molar-refractivity contribution in [2.75, 3.05) is 25.4 Å². The maximum atomic E-state index is 11.7. The summed E-state index contributed by atoms with van der Waals surface area (Å²) in [5, 5.41) is 18.1. The molecule has 0 saturated heterocycles. The first kappa shape index (κ1) is 17.7. The number of rotatable bonds is 9. The molecular weight excluding hydrogens is 274 g/mol. The van der Waals surface area contributed by atoms with Crippen molar-refractivity contribution in [3.05, 3.63) is 0 Å². The van der Waals surface area contributed by atoms with Crippen molar-refractivity contribution in [1.29, 1.82) is 0 Å². The van der Waals surface area contributed by atoms with E-state index in [-0.39, 0.29) is 31.9 Å². The molecule has 110 valence electrons. The third-order valence-electron chi connectivity index (χ3n) is 2.19. The molecule has 1 unspecified atom stereocenters. The average Bonchev–Trinajstić information content (AvgIpc) is 2.32. The van der Waals surface area contributed by atoms with Crippen molar-refractivity contribution in [2.24, 2.45) is 0 Å². The number of carboxylic acids is 1. The molecule has 0 saturated carbocycles. The summed E-state index contributed by atoms with van der Waals surface area (Å²) in [6.45, 7) is 1.28. The van der Waals surface area contributed by atoms with Crippen molar-refractivity contribution in [2.45, 2.75) is 25.9 Å². The van der Waals surface area contributed by atoms with E-state index in [0.717, 1.165) is 0 Å². The van der Waals surface area contributed by atoms with Gasteiger partial charge in [-0.15, -0.1) is 0 Å². The quantitative estimate of drug-likeness (QED) is 0.392. The molecule has 0 aromatic heterocycles. The maximum absolute atomic E-state index is 11.7. The summed E-state index contributed by atoms with van der Waals surface area (Å²) in [5.41, 5.74) is 0. The van der Waals surface area contributed by atoms with Crippen molar-refractivity contribution < 1.29 is 29.3 Å². The van der Waals surface area contributed by atoms with Crippen LogP contribution in [0, 0.1) is 0 Å². The van der Waals surface area contributed by atoms with E-state index in [1.54, 1.807) is 0 Å². The minimum atomic E-state index is -1.06. The highest BCUT2D eigenvalue weighted by molar-refractivity contribution is 7.80. The third-order valence-corrected chi connectivity index (χ3v) is 2.39. The molecule has 8 heteroatoms. The fraction of sp³-hybridized carbons (Fsp3) is 0.727. The number of aliphatic hydroxyl groups is 1. The Hall–Kier alpha value is -1.28. The van der Waals surface area contributed by atoms with E-state index in [9.17, 15) is 19.5 Å². The molecular formula is C11H19NO6S. The molecule has 0 spiro atoms. The zero-order valence-corrected chi connectivity index (χ0v) is 11.6. The van der Waals surface area contributed by atoms with Crippen LogP contribution < -0.4 is 0 Å². The normalized spacial score (nSPS) is 11.7. The topological polar surface area (TPSA) is 104 Å². The average molecular weight is 293 g/mol. The van der Waals surface area contributed by atoms with Gasteiger partial charge < -0.3 is 19.8 Å². The molecule has 1 amide bonds. The Bertz CT molecular complexity index is 322. The molecule has 1 atom stereocenters. The number of hydrogen-bond donors (Lipinski definition) is 3. The van der Waals surface area contributed by atoms with Gasteiger partial charge >= 0.3 is 11.9 Å². The monoisotopic (exact) mass is 293 g/mol. The first-order valence-corrected chi connectivity index (χ1v) is 6.42. The predicted molar refractivity (Wildman–Crippen MR) is 69.9 cm³/mol. The molecule has 0 aromatic carbocycles. The van der Waals surface area contributed by atoms with E-state index in [0.29, 0.717) is 12.3 Å². The lowest BCUT2D eigenvalue weighted by molar-refractivity contribution is -0.145. The molecule has 19 heavy (non-hydrogen) atoms. The lowest BCUT2D eigenvalue weighted by Crippen LogP contribution is -2.40. The molecule has 0 aromatic rings. The molecule has 0 bridgehead atoms. The van der Waals surface area contributed by atoms with Gasteiger partial charge in [0, 0.05) is 32.2 Å². The highest BCUT2D eigenvalue weighted by Gasteiger charge is 2.18. The smallest absolute Gasteiger partial charge is 0.303 e. The number of carboxylic acid groups (broad SMARTS) is 1. The number of amides is 1. The van der Waals surface area contributed by atoms with Gasteiger partial charge in [0.25, 0.3) is 0 Å². The Balaban J connectivity index is 4.25. The van der Waals surface area contributed by atoms with Crippen LogP contribution >= 0.6 is 12.6 Å². The van der Waals surface area contributed by atoms with E-state index >= 15 is 0 Å². The SMILES string of the molecule is CC(=O)OCC(O)CN(CCS)C(=O)CCC(=O)O. The second-order valence-corrected chi connectivity index (χ2v) is 4.36. The number of esters is 1. The minimum Gasteiger partial charge on any atom is -0.481 e. The highest BCUT2D eigenvalue weighted by Crippen LogP contribution is 2.02. The summed E-state index contributed by atoms with van der Waals surface area (Å²) in [7, 11) is 0. The largest absolute Gasteiger partial charge is 0.481 e. The fourth-order valence-electron chi connectivity index (χ4n) is 1.33. The van der Waals surface area contributed by atoms with Crippen LogP contribution in [0.3, 0.4) is 0 Å². The van der Waals surface area contributed by atoms with Gasteiger partial charge in [0.2, 0.25) is 5.91 Å². The van der Waals surface area contributed by atoms with E-state index in [1.165, 1.54) is 11.8 Å². The molecule has 0 aliphatic heterocycles. The number of aliphatic carboxylic acids is 1. The molecule has 0 rings (SSSR count). The zero-order valence-electron chi connectivity index (χ0n) is 10.7. The Labute approximate surface area is 116 Å². The zero-order chi connectivity index (χ0) is 14.8. The number of carbonyl (C=O) groups is 3. The number of thiol groups is 1. The van der Waals surface area contributed by atoms with Crippen LogP contribution in [0.15, 0.2) is 0 Å². The molecule has 0 radical (unpaired) electrons. The summed E-state index contributed by atoms with van der Waals surface area (Å²) in [4.78, 5) is 34.0. The number of hydrogen-bond acceptors (Lipinski definition) is 6. The van der Waals surface area contributed by atoms with Crippen LogP contribution in [0.2, 0.25) is 0 Å². The third kappa shape index (κ3) is 9.32. The summed E-state index contributed by atoms with van der Waals surface area (Å²) >= 11 is 3.99. The summed E-state index contributed by atoms with van der Waals surface area (Å²) in [5.74, 6) is -1.56. The second kappa shape index (κ2) is 9.62. The van der Waals surface area contributed by atoms with Crippen LogP contribution in [0.5, 0.6) is 0 Å². The van der Waals surface area contributed by atoms with Gasteiger partial charge in [0.15, 0.2) is 0 Å². The van der Waals surface area contributed by atoms with E-state index in [4.69, 9.17) is 5.11 Å². The number of nitrogens with zero attached hydrogens (tertiary/aromatic N) is 1. The van der Waals surface area contributed by atoms with Gasteiger partial charge in [-0.1, -0.05) is 0 Å². The fourth-order valence-corrected chi connectivity index (χ4v) is 1.57. The second-order valence-electron chi connectivity index (χ2n) is 3.91. The molecule has 0 heterocycles. The highest BCUT2D eigenvalue weighted by atomic mass is 32.1. The van der Waals surface area contributed by atoms with Crippen molar-refractivity contribution in [3.63, 3.8) is 0 Å². The first-order valence-electron chi connectivity index (χ1n) is 5.78. The lowest BCUT2D eigenvalue weighted by Gasteiger charge is -2.24. The minimum absolute atomic E-state index is 0.0215. The van der Waals surface area contributed by atoms with Crippen molar-refractivity contribution >= 4 is 30.5 Å². The van der Waals surface area contributed by atoms with Gasteiger partial charge in [-0.05, 0) is 0 Å². The Morgan fingerprint density at radius 3 is 2.42 bits per heavy atom. The Morgan fingerprint density at radius 2 is 1.95 bits per heavy atom. The Morgan fingerprint density at radius 1 is 1.32 bits per heavy atom. The van der Waals surface area contributed by atoms with E-state index in [2.05, 4.69) is 17.4 Å².